The molecular formula is C14H29ClO9P2. The zero-order chi connectivity index (χ0) is 21.0. The van der Waals surface area contributed by atoms with E-state index in [1.807, 2.05) is 0 Å². The Bertz CT molecular complexity index is 535. The van der Waals surface area contributed by atoms with Gasteiger partial charge in [0.2, 0.25) is 5.24 Å². The van der Waals surface area contributed by atoms with Crippen molar-refractivity contribution in [1.82, 2.24) is 0 Å². The van der Waals surface area contributed by atoms with Crippen LogP contribution in [0.25, 0.3) is 0 Å². The minimum Gasteiger partial charge on any atom is -0.390 e. The second kappa shape index (κ2) is 13.0. The van der Waals surface area contributed by atoms with Crippen LogP contribution < -0.4 is 0 Å². The van der Waals surface area contributed by atoms with Crippen LogP contribution in [-0.4, -0.2) is 36.1 Å². The molecule has 0 aliphatic rings. The smallest absolute Gasteiger partial charge is 0.390 e. The molecule has 0 radical (unpaired) electrons. The lowest BCUT2D eigenvalue weighted by Gasteiger charge is -2.31. The van der Waals surface area contributed by atoms with Crippen LogP contribution >= 0.6 is 26.8 Å². The van der Waals surface area contributed by atoms with E-state index in [0.29, 0.717) is 19.3 Å². The van der Waals surface area contributed by atoms with Crippen LogP contribution in [0.5, 0.6) is 0 Å². The normalized spacial score (nSPS) is 15.8. The first kappa shape index (κ1) is 27.9. The van der Waals surface area contributed by atoms with Gasteiger partial charge in [-0.3, -0.25) is 14.2 Å². The van der Waals surface area contributed by atoms with Gasteiger partial charge in [-0.15, -0.1) is 0 Å². The molecule has 0 bridgehead atoms. The Kier molecular flexibility index (Phi) is 14.0. The molecule has 9 nitrogen and oxygen atoms in total. The van der Waals surface area contributed by atoms with Crippen LogP contribution in [-0.2, 0) is 23.2 Å². The lowest BCUT2D eigenvalue weighted by Crippen LogP contribution is -2.30. The summed E-state index contributed by atoms with van der Waals surface area (Å²) in [6.45, 7) is 4.70. The van der Waals surface area contributed by atoms with Crippen molar-refractivity contribution in [2.75, 3.05) is 0 Å². The highest BCUT2D eigenvalue weighted by Crippen LogP contribution is 2.71. The number of carbonyl (C=O) groups is 2. The fourth-order valence-electron chi connectivity index (χ4n) is 1.83. The molecule has 0 saturated heterocycles. The van der Waals surface area contributed by atoms with Gasteiger partial charge >= 0.3 is 21.2 Å². The first-order valence-electron chi connectivity index (χ1n) is 8.24. The highest BCUT2D eigenvalue weighted by Gasteiger charge is 2.61. The number of hydrogen-bond acceptors (Lipinski definition) is 6. The van der Waals surface area contributed by atoms with E-state index < -0.39 is 32.7 Å². The Balaban J connectivity index is 0. The van der Waals surface area contributed by atoms with Crippen molar-refractivity contribution in [2.45, 2.75) is 77.2 Å². The van der Waals surface area contributed by atoms with E-state index in [2.05, 4.69) is 11.4 Å². The van der Waals surface area contributed by atoms with Gasteiger partial charge in [0.05, 0.1) is 0 Å². The van der Waals surface area contributed by atoms with Crippen molar-refractivity contribution in [3.63, 3.8) is 0 Å². The Morgan fingerprint density at radius 2 is 1.46 bits per heavy atom. The molecule has 0 fully saturated rings. The summed E-state index contributed by atoms with van der Waals surface area (Å²) in [5.74, 6) is -1.21. The molecule has 0 aliphatic carbocycles. The molecule has 0 heterocycles. The molecule has 2 atom stereocenters. The molecule has 26 heavy (non-hydrogen) atoms. The molecule has 0 aromatic carbocycles. The van der Waals surface area contributed by atoms with Crippen LogP contribution in [0.15, 0.2) is 0 Å². The summed E-state index contributed by atoms with van der Waals surface area (Å²) >= 11 is 5.07. The first-order chi connectivity index (χ1) is 11.7. The van der Waals surface area contributed by atoms with E-state index in [-0.39, 0.29) is 11.7 Å². The summed E-state index contributed by atoms with van der Waals surface area (Å²) in [5, 5.41) is 6.34. The lowest BCUT2D eigenvalue weighted by molar-refractivity contribution is -0.133. The quantitative estimate of drug-likeness (QED) is 0.215. The Labute approximate surface area is 158 Å². The number of carbonyl (C=O) groups excluding carboxylic acids is 2. The molecule has 0 aromatic rings. The van der Waals surface area contributed by atoms with Crippen LogP contribution in [0.2, 0.25) is 0 Å². The largest absolute Gasteiger partial charge is 0.422 e. The number of hydrogen-bond donors (Lipinski definition) is 4. The number of unbranched alkanes of at least 4 members (excludes halogenated alkanes) is 4. The van der Waals surface area contributed by atoms with Gasteiger partial charge in [0, 0.05) is 19.8 Å². The fraction of sp³-hybridized carbons (Fsp3) is 0.857. The van der Waals surface area contributed by atoms with E-state index in [9.17, 15) is 28.7 Å². The summed E-state index contributed by atoms with van der Waals surface area (Å²) < 4.78 is 26.8. The third-order valence-electron chi connectivity index (χ3n) is 3.26. The summed E-state index contributed by atoms with van der Waals surface area (Å²) in [4.78, 5) is 48.2. The highest BCUT2D eigenvalue weighted by atomic mass is 35.5. The van der Waals surface area contributed by atoms with E-state index in [1.165, 1.54) is 0 Å². The zero-order valence-corrected chi connectivity index (χ0v) is 17.8. The number of halogens is 1. The second-order valence-electron chi connectivity index (χ2n) is 5.69. The molecular weight excluding hydrogens is 410 g/mol. The third kappa shape index (κ3) is 10.8. The van der Waals surface area contributed by atoms with Gasteiger partial charge in [-0.05, 0) is 24.4 Å². The molecule has 0 saturated carbocycles. The first-order valence-corrected chi connectivity index (χ1v) is 11.8. The van der Waals surface area contributed by atoms with Crippen molar-refractivity contribution < 1.29 is 43.0 Å². The fourth-order valence-corrected chi connectivity index (χ4v) is 4.78. The molecule has 4 N–H and O–H groups in total. The minimum atomic E-state index is -5.34. The maximum absolute atomic E-state index is 11.7. The average molecular weight is 439 g/mol. The van der Waals surface area contributed by atoms with Gasteiger partial charge in [0.25, 0.3) is 5.08 Å². The van der Waals surface area contributed by atoms with Gasteiger partial charge in [-0.25, -0.2) is 4.57 Å². The molecule has 0 spiro atoms. The third-order valence-corrected chi connectivity index (χ3v) is 7.78. The summed E-state index contributed by atoms with van der Waals surface area (Å²) in [6.07, 6.45) is 4.40. The standard InChI is InChI=1S/C8H18O8P2.C6H11ClO/c1-3-4-5-6-8(10,17(11,12)13)18(14,15)16-7(2)9;1-2-3-4-5-6(7)8/h10H,3-6H2,1-2H3,(H,14,15)(H2,11,12,13);2-5H2,1H3. The van der Waals surface area contributed by atoms with Gasteiger partial charge in [-0.1, -0.05) is 39.5 Å². The maximum atomic E-state index is 11.7. The zero-order valence-electron chi connectivity index (χ0n) is 15.3. The van der Waals surface area contributed by atoms with E-state index in [1.54, 1.807) is 6.92 Å². The second-order valence-corrected chi connectivity index (χ2v) is 10.3. The molecule has 0 rings (SSSR count). The van der Waals surface area contributed by atoms with E-state index in [4.69, 9.17) is 21.4 Å². The van der Waals surface area contributed by atoms with Gasteiger partial charge in [0.15, 0.2) is 0 Å². The van der Waals surface area contributed by atoms with E-state index in [0.717, 1.165) is 26.2 Å². The SMILES string of the molecule is CCCCCC(=O)Cl.CCCCCC(O)(P(=O)(O)O)P(=O)(O)OC(C)=O. The number of rotatable bonds is 11. The molecule has 156 valence electrons. The summed E-state index contributed by atoms with van der Waals surface area (Å²) in [7, 11) is -10.5. The van der Waals surface area contributed by atoms with Gasteiger partial charge < -0.3 is 24.3 Å². The summed E-state index contributed by atoms with van der Waals surface area (Å²) in [6, 6.07) is 0. The minimum absolute atomic E-state index is 0.115. The Hall–Kier alpha value is -0.270. The van der Waals surface area contributed by atoms with Crippen molar-refractivity contribution in [2.24, 2.45) is 0 Å². The van der Waals surface area contributed by atoms with Crippen LogP contribution in [0, 0.1) is 0 Å². The van der Waals surface area contributed by atoms with Crippen molar-refractivity contribution >= 4 is 38.0 Å². The Morgan fingerprint density at radius 1 is 1.00 bits per heavy atom. The summed E-state index contributed by atoms with van der Waals surface area (Å²) in [5.41, 5.74) is 0. The Morgan fingerprint density at radius 3 is 1.81 bits per heavy atom. The van der Waals surface area contributed by atoms with Crippen LogP contribution in [0.3, 0.4) is 0 Å². The molecule has 0 amide bonds. The predicted molar refractivity (Wildman–Crippen MR) is 97.7 cm³/mol. The number of aliphatic hydroxyl groups is 1. The van der Waals surface area contributed by atoms with E-state index >= 15 is 0 Å². The maximum Gasteiger partial charge on any atom is 0.422 e. The molecule has 0 aromatic heterocycles. The topological polar surface area (TPSA) is 158 Å². The van der Waals surface area contributed by atoms with Crippen LogP contribution in [0.1, 0.15) is 72.1 Å². The molecule has 2 unspecified atom stereocenters. The van der Waals surface area contributed by atoms with Crippen molar-refractivity contribution in [1.29, 1.82) is 0 Å². The van der Waals surface area contributed by atoms with Gasteiger partial charge in [-0.2, -0.15) is 0 Å². The monoisotopic (exact) mass is 438 g/mol. The average Bonchev–Trinajstić information content (AvgIpc) is 2.45. The highest BCUT2D eigenvalue weighted by molar-refractivity contribution is 7.72. The lowest BCUT2D eigenvalue weighted by atomic mass is 10.2. The predicted octanol–water partition coefficient (Wildman–Crippen LogP) is 3.47. The molecule has 0 aliphatic heterocycles. The molecule has 12 heteroatoms. The van der Waals surface area contributed by atoms with Crippen LogP contribution in [0.4, 0.5) is 0 Å². The van der Waals surface area contributed by atoms with Gasteiger partial charge in [0.1, 0.15) is 0 Å². The van der Waals surface area contributed by atoms with Crippen molar-refractivity contribution in [3.8, 4) is 0 Å². The van der Waals surface area contributed by atoms with Crippen molar-refractivity contribution in [3.05, 3.63) is 0 Å².